The number of aliphatic carboxylic acids is 1. The molecule has 0 aliphatic heterocycles. The maximum absolute atomic E-state index is 13.3. The Kier molecular flexibility index (Phi) is 8.83. The largest absolute Gasteiger partial charge is 0.489 e. The number of rotatable bonds is 13. The Labute approximate surface area is 228 Å². The van der Waals surface area contributed by atoms with Gasteiger partial charge in [-0.25, -0.2) is 4.79 Å². The van der Waals surface area contributed by atoms with Crippen molar-refractivity contribution in [2.24, 2.45) is 0 Å². The molecule has 10 heteroatoms. The molecule has 4 aromatic carbocycles. The molecule has 0 fully saturated rings. The fourth-order valence-electron chi connectivity index (χ4n) is 3.67. The van der Waals surface area contributed by atoms with E-state index in [1.807, 2.05) is 60.7 Å². The highest BCUT2D eigenvalue weighted by molar-refractivity contribution is 6.37. The average molecular weight is 542 g/mol. The number of ketones is 2. The second-order valence-corrected chi connectivity index (χ2v) is 8.52. The molecular formula is C30H23NO9. The molecule has 0 heterocycles. The zero-order chi connectivity index (χ0) is 28.5. The summed E-state index contributed by atoms with van der Waals surface area (Å²) < 4.78 is 17.9. The highest BCUT2D eigenvalue weighted by Crippen LogP contribution is 2.39. The van der Waals surface area contributed by atoms with Crippen molar-refractivity contribution >= 4 is 23.2 Å². The first kappa shape index (κ1) is 27.5. The van der Waals surface area contributed by atoms with E-state index >= 15 is 0 Å². The Balaban J connectivity index is 1.75. The van der Waals surface area contributed by atoms with Crippen LogP contribution in [-0.4, -0.2) is 27.6 Å². The third kappa shape index (κ3) is 7.29. The number of carboxylic acids is 1. The van der Waals surface area contributed by atoms with E-state index in [-0.39, 0.29) is 47.5 Å². The lowest BCUT2D eigenvalue weighted by Crippen LogP contribution is -2.18. The van der Waals surface area contributed by atoms with E-state index in [9.17, 15) is 24.5 Å². The van der Waals surface area contributed by atoms with Crippen molar-refractivity contribution in [1.82, 2.24) is 0 Å². The topological polar surface area (TPSA) is 142 Å². The summed E-state index contributed by atoms with van der Waals surface area (Å²) in [5.41, 5.74) is 1.33. The number of hydrogen-bond acceptors (Lipinski definition) is 8. The van der Waals surface area contributed by atoms with Gasteiger partial charge in [0.05, 0.1) is 11.3 Å². The van der Waals surface area contributed by atoms with Gasteiger partial charge in [-0.15, -0.1) is 0 Å². The smallest absolute Gasteiger partial charge is 0.372 e. The molecule has 0 saturated heterocycles. The number of nitro benzene ring substituents is 1. The maximum atomic E-state index is 13.3. The molecule has 0 spiro atoms. The average Bonchev–Trinajstić information content (AvgIpc) is 2.96. The summed E-state index contributed by atoms with van der Waals surface area (Å²) in [6, 6.07) is 26.5. The molecule has 202 valence electrons. The van der Waals surface area contributed by atoms with E-state index in [0.29, 0.717) is 0 Å². The summed E-state index contributed by atoms with van der Waals surface area (Å²) in [4.78, 5) is 46.8. The van der Waals surface area contributed by atoms with Crippen LogP contribution in [0.4, 0.5) is 5.69 Å². The lowest BCUT2D eigenvalue weighted by Gasteiger charge is -2.18. The summed E-state index contributed by atoms with van der Waals surface area (Å²) in [7, 11) is 0. The summed E-state index contributed by atoms with van der Waals surface area (Å²) in [6.45, 7) is 0.230. The van der Waals surface area contributed by atoms with E-state index < -0.39 is 28.9 Å². The molecule has 4 rings (SSSR count). The number of hydrogen-bond donors (Lipinski definition) is 1. The maximum Gasteiger partial charge on any atom is 0.372 e. The zero-order valence-electron chi connectivity index (χ0n) is 21.0. The molecule has 0 amide bonds. The van der Waals surface area contributed by atoms with Crippen LogP contribution in [0.15, 0.2) is 97.1 Å². The number of benzene rings is 4. The van der Waals surface area contributed by atoms with Gasteiger partial charge in [-0.3, -0.25) is 19.7 Å². The van der Waals surface area contributed by atoms with Crippen LogP contribution >= 0.6 is 0 Å². The lowest BCUT2D eigenvalue weighted by molar-refractivity contribution is -0.384. The molecule has 4 aromatic rings. The monoisotopic (exact) mass is 541 g/mol. The van der Waals surface area contributed by atoms with Crippen LogP contribution in [0.5, 0.6) is 23.0 Å². The summed E-state index contributed by atoms with van der Waals surface area (Å²) in [6.07, 6.45) is -0.933. The van der Waals surface area contributed by atoms with E-state index in [0.717, 1.165) is 11.1 Å². The van der Waals surface area contributed by atoms with E-state index in [1.54, 1.807) is 0 Å². The van der Waals surface area contributed by atoms with Crippen LogP contribution in [0.2, 0.25) is 0 Å². The number of nitro groups is 1. The van der Waals surface area contributed by atoms with Crippen LogP contribution in [0.3, 0.4) is 0 Å². The Hall–Kier alpha value is -5.51. The first-order valence-corrected chi connectivity index (χ1v) is 12.0. The van der Waals surface area contributed by atoms with Crippen molar-refractivity contribution in [3.63, 3.8) is 0 Å². The van der Waals surface area contributed by atoms with Crippen LogP contribution in [0.1, 0.15) is 27.9 Å². The fraction of sp³-hybridized carbons (Fsp3) is 0.100. The highest BCUT2D eigenvalue weighted by atomic mass is 16.6. The molecular weight excluding hydrogens is 518 g/mol. The van der Waals surface area contributed by atoms with Crippen LogP contribution < -0.4 is 14.2 Å². The SMILES string of the molecule is O=C(O)C(=O)CC(=O)c1c(OCc2ccccc2)cc(OCc2ccccc2)cc1Oc1ccc([N+](=O)[O-])cc1. The number of nitrogens with zero attached hydrogens (tertiary/aromatic N) is 1. The Morgan fingerprint density at radius 3 is 1.82 bits per heavy atom. The van der Waals surface area contributed by atoms with Gasteiger partial charge in [-0.05, 0) is 23.3 Å². The molecule has 0 aromatic heterocycles. The van der Waals surface area contributed by atoms with Crippen LogP contribution in [0, 0.1) is 10.1 Å². The van der Waals surface area contributed by atoms with Gasteiger partial charge in [-0.1, -0.05) is 60.7 Å². The van der Waals surface area contributed by atoms with Gasteiger partial charge in [0, 0.05) is 24.3 Å². The molecule has 0 atom stereocenters. The van der Waals surface area contributed by atoms with Gasteiger partial charge in [0.1, 0.15) is 41.8 Å². The van der Waals surface area contributed by atoms with Crippen molar-refractivity contribution < 1.29 is 38.6 Å². The van der Waals surface area contributed by atoms with Crippen molar-refractivity contribution in [3.05, 3.63) is 124 Å². The van der Waals surface area contributed by atoms with E-state index in [4.69, 9.17) is 19.3 Å². The molecule has 0 unspecified atom stereocenters. The molecule has 0 saturated carbocycles. The standard InChI is InChI=1S/C30H23NO9/c32-25(17-26(33)30(34)35)29-27(39-19-21-9-5-2-6-10-21)15-24(38-18-20-7-3-1-4-8-20)16-28(29)40-23-13-11-22(12-14-23)31(36)37/h1-16H,17-19H2,(H,34,35). The number of non-ortho nitro benzene ring substituents is 1. The number of ether oxygens (including phenoxy) is 3. The molecule has 10 nitrogen and oxygen atoms in total. The Bertz CT molecular complexity index is 1520. The number of carbonyl (C=O) groups is 3. The minimum absolute atomic E-state index is 0.00881. The summed E-state index contributed by atoms with van der Waals surface area (Å²) >= 11 is 0. The lowest BCUT2D eigenvalue weighted by atomic mass is 10.0. The molecule has 1 N–H and O–H groups in total. The van der Waals surface area contributed by atoms with Gasteiger partial charge in [0.15, 0.2) is 5.78 Å². The predicted molar refractivity (Wildman–Crippen MR) is 143 cm³/mol. The van der Waals surface area contributed by atoms with Gasteiger partial charge < -0.3 is 19.3 Å². The number of carboxylic acid groups (broad SMARTS) is 1. The van der Waals surface area contributed by atoms with Crippen LogP contribution in [0.25, 0.3) is 0 Å². The summed E-state index contributed by atoms with van der Waals surface area (Å²) in [5, 5.41) is 20.1. The third-order valence-electron chi connectivity index (χ3n) is 5.64. The second kappa shape index (κ2) is 12.8. The second-order valence-electron chi connectivity index (χ2n) is 8.52. The van der Waals surface area contributed by atoms with E-state index in [2.05, 4.69) is 0 Å². The highest BCUT2D eigenvalue weighted by Gasteiger charge is 2.26. The first-order valence-electron chi connectivity index (χ1n) is 12.0. The van der Waals surface area contributed by atoms with Gasteiger partial charge in [0.25, 0.3) is 5.69 Å². The summed E-state index contributed by atoms with van der Waals surface area (Å²) in [5.74, 6) is -3.55. The minimum atomic E-state index is -1.75. The fourth-order valence-corrected chi connectivity index (χ4v) is 3.67. The number of carbonyl (C=O) groups excluding carboxylic acids is 2. The van der Waals surface area contributed by atoms with Crippen molar-refractivity contribution in [2.75, 3.05) is 0 Å². The van der Waals surface area contributed by atoms with Crippen molar-refractivity contribution in [2.45, 2.75) is 19.6 Å². The molecule has 0 aliphatic rings. The first-order chi connectivity index (χ1) is 19.3. The predicted octanol–water partition coefficient (Wildman–Crippen LogP) is 5.77. The van der Waals surface area contributed by atoms with Crippen molar-refractivity contribution in [3.8, 4) is 23.0 Å². The Morgan fingerprint density at radius 2 is 1.27 bits per heavy atom. The van der Waals surface area contributed by atoms with E-state index in [1.165, 1.54) is 36.4 Å². The minimum Gasteiger partial charge on any atom is -0.489 e. The van der Waals surface area contributed by atoms with Crippen molar-refractivity contribution in [1.29, 1.82) is 0 Å². The molecule has 0 aliphatic carbocycles. The van der Waals surface area contributed by atoms with Gasteiger partial charge >= 0.3 is 5.97 Å². The van der Waals surface area contributed by atoms with Gasteiger partial charge in [-0.2, -0.15) is 0 Å². The molecule has 40 heavy (non-hydrogen) atoms. The van der Waals surface area contributed by atoms with Gasteiger partial charge in [0.2, 0.25) is 5.78 Å². The third-order valence-corrected chi connectivity index (χ3v) is 5.64. The Morgan fingerprint density at radius 1 is 0.725 bits per heavy atom. The normalized spacial score (nSPS) is 10.4. The molecule has 0 bridgehead atoms. The number of Topliss-reactive ketones (excluding diaryl/α,β-unsaturated/α-hetero) is 2. The molecule has 0 radical (unpaired) electrons. The van der Waals surface area contributed by atoms with Crippen LogP contribution in [-0.2, 0) is 22.8 Å². The zero-order valence-corrected chi connectivity index (χ0v) is 21.0. The quantitative estimate of drug-likeness (QED) is 0.0733.